The first-order valence-electron chi connectivity index (χ1n) is 3.27. The van der Waals surface area contributed by atoms with Crippen LogP contribution >= 0.6 is 22.6 Å². The molecule has 4 nitrogen and oxygen atoms in total. The van der Waals surface area contributed by atoms with Gasteiger partial charge in [0, 0.05) is 3.57 Å². The summed E-state index contributed by atoms with van der Waals surface area (Å²) in [6.45, 7) is 0. The Morgan fingerprint density at radius 3 is 2.54 bits per heavy atom. The van der Waals surface area contributed by atoms with Gasteiger partial charge in [0.2, 0.25) is 0 Å². The van der Waals surface area contributed by atoms with Crippen LogP contribution in [-0.4, -0.2) is 22.5 Å². The molecular weight excluding hydrogens is 287 g/mol. The van der Waals surface area contributed by atoms with Crippen molar-refractivity contribution in [1.29, 1.82) is 0 Å². The largest absolute Gasteiger partial charge is 0.506 e. The van der Waals surface area contributed by atoms with Crippen LogP contribution in [0.2, 0.25) is 0 Å². The van der Waals surface area contributed by atoms with E-state index in [1.807, 2.05) is 22.6 Å². The number of rotatable bonds is 2. The molecule has 0 heterocycles. The van der Waals surface area contributed by atoms with Crippen molar-refractivity contribution in [2.24, 2.45) is 0 Å². The van der Waals surface area contributed by atoms with Crippen LogP contribution in [0.5, 0.6) is 5.75 Å². The van der Waals surface area contributed by atoms with Crippen molar-refractivity contribution in [2.75, 3.05) is 0 Å². The Morgan fingerprint density at radius 2 is 2.08 bits per heavy atom. The summed E-state index contributed by atoms with van der Waals surface area (Å²) in [5.41, 5.74) is -0.265. The van der Waals surface area contributed by atoms with Gasteiger partial charge in [0.1, 0.15) is 11.3 Å². The second-order valence-electron chi connectivity index (χ2n) is 2.31. The summed E-state index contributed by atoms with van der Waals surface area (Å²) in [4.78, 5) is 21.0. The van der Waals surface area contributed by atoms with E-state index in [0.29, 0.717) is 9.86 Å². The monoisotopic (exact) mass is 292 g/mol. The van der Waals surface area contributed by atoms with Crippen molar-refractivity contribution in [1.82, 2.24) is 0 Å². The van der Waals surface area contributed by atoms with Gasteiger partial charge in [0.05, 0.1) is 5.56 Å². The van der Waals surface area contributed by atoms with Gasteiger partial charge < -0.3 is 10.2 Å². The predicted molar refractivity (Wildman–Crippen MR) is 53.2 cm³/mol. The van der Waals surface area contributed by atoms with Crippen molar-refractivity contribution in [3.8, 4) is 5.75 Å². The minimum Gasteiger partial charge on any atom is -0.506 e. The van der Waals surface area contributed by atoms with Gasteiger partial charge >= 0.3 is 5.97 Å². The zero-order valence-electron chi connectivity index (χ0n) is 6.32. The molecule has 5 heteroatoms. The standard InChI is InChI=1S/C8H5IO4/c9-5-1-4(3-10)7(11)6(2-5)8(12)13/h1-3,11H,(H,12,13). The van der Waals surface area contributed by atoms with Crippen LogP contribution in [0.15, 0.2) is 12.1 Å². The lowest BCUT2D eigenvalue weighted by molar-refractivity contribution is 0.0693. The number of aldehydes is 1. The predicted octanol–water partition coefficient (Wildman–Crippen LogP) is 1.51. The van der Waals surface area contributed by atoms with Crippen LogP contribution in [0.25, 0.3) is 0 Å². The van der Waals surface area contributed by atoms with Crippen LogP contribution in [0.4, 0.5) is 0 Å². The molecule has 0 aliphatic carbocycles. The number of carboxylic acid groups (broad SMARTS) is 1. The van der Waals surface area contributed by atoms with Crippen molar-refractivity contribution in [3.63, 3.8) is 0 Å². The summed E-state index contributed by atoms with van der Waals surface area (Å²) in [7, 11) is 0. The fourth-order valence-corrected chi connectivity index (χ4v) is 1.52. The van der Waals surface area contributed by atoms with E-state index in [-0.39, 0.29) is 11.1 Å². The second-order valence-corrected chi connectivity index (χ2v) is 3.56. The number of carbonyl (C=O) groups excluding carboxylic acids is 1. The summed E-state index contributed by atoms with van der Waals surface area (Å²) < 4.78 is 0.592. The third kappa shape index (κ3) is 1.97. The van der Waals surface area contributed by atoms with Crippen molar-refractivity contribution in [3.05, 3.63) is 26.8 Å². The highest BCUT2D eigenvalue weighted by Gasteiger charge is 2.13. The molecule has 1 aromatic rings. The molecule has 68 valence electrons. The highest BCUT2D eigenvalue weighted by Crippen LogP contribution is 2.24. The van der Waals surface area contributed by atoms with Gasteiger partial charge in [-0.25, -0.2) is 4.79 Å². The molecule has 0 spiro atoms. The molecule has 0 fully saturated rings. The Labute approximate surface area is 87.3 Å². The summed E-state index contributed by atoms with van der Waals surface area (Å²) in [5.74, 6) is -1.73. The molecule has 0 bridgehead atoms. The second kappa shape index (κ2) is 3.73. The molecule has 0 aliphatic rings. The fourth-order valence-electron chi connectivity index (χ4n) is 0.873. The molecule has 0 saturated carbocycles. The maximum atomic E-state index is 10.6. The fraction of sp³-hybridized carbons (Fsp3) is 0. The smallest absolute Gasteiger partial charge is 0.339 e. The van der Waals surface area contributed by atoms with E-state index in [0.717, 1.165) is 0 Å². The van der Waals surface area contributed by atoms with Gasteiger partial charge in [-0.2, -0.15) is 0 Å². The van der Waals surface area contributed by atoms with Gasteiger partial charge in [-0.3, -0.25) is 4.79 Å². The molecule has 13 heavy (non-hydrogen) atoms. The van der Waals surface area contributed by atoms with Crippen molar-refractivity contribution in [2.45, 2.75) is 0 Å². The third-order valence-electron chi connectivity index (χ3n) is 1.46. The minimum atomic E-state index is -1.25. The van der Waals surface area contributed by atoms with E-state index in [4.69, 9.17) is 5.11 Å². The Bertz CT molecular complexity index is 373. The van der Waals surface area contributed by atoms with E-state index in [2.05, 4.69) is 0 Å². The summed E-state index contributed by atoms with van der Waals surface area (Å²) in [5, 5.41) is 17.9. The quantitative estimate of drug-likeness (QED) is 0.640. The normalized spacial score (nSPS) is 9.62. The van der Waals surface area contributed by atoms with Crippen molar-refractivity contribution < 1.29 is 19.8 Å². The Morgan fingerprint density at radius 1 is 1.46 bits per heavy atom. The lowest BCUT2D eigenvalue weighted by atomic mass is 10.1. The number of aromatic carboxylic acids is 1. The van der Waals surface area contributed by atoms with Crippen LogP contribution in [-0.2, 0) is 0 Å². The van der Waals surface area contributed by atoms with Gasteiger partial charge in [-0.1, -0.05) is 0 Å². The number of carboxylic acids is 1. The first-order chi connectivity index (χ1) is 6.06. The lowest BCUT2D eigenvalue weighted by Gasteiger charge is -2.02. The highest BCUT2D eigenvalue weighted by molar-refractivity contribution is 14.1. The van der Waals surface area contributed by atoms with E-state index in [1.54, 1.807) is 0 Å². The molecule has 0 atom stereocenters. The molecular formula is C8H5IO4. The zero-order valence-corrected chi connectivity index (χ0v) is 8.48. The first-order valence-corrected chi connectivity index (χ1v) is 4.35. The number of hydrogen-bond acceptors (Lipinski definition) is 3. The SMILES string of the molecule is O=Cc1cc(I)cc(C(=O)O)c1O. The Hall–Kier alpha value is -1.11. The molecule has 1 aromatic carbocycles. The van der Waals surface area contributed by atoms with Gasteiger partial charge in [0.15, 0.2) is 6.29 Å². The first kappa shape index (κ1) is 9.97. The van der Waals surface area contributed by atoms with E-state index < -0.39 is 11.7 Å². The molecule has 0 amide bonds. The summed E-state index contributed by atoms with van der Waals surface area (Å²) in [6.07, 6.45) is 0.421. The third-order valence-corrected chi connectivity index (χ3v) is 2.08. The number of halogens is 1. The lowest BCUT2D eigenvalue weighted by Crippen LogP contribution is -1.99. The number of carbonyl (C=O) groups is 2. The van der Waals surface area contributed by atoms with Crippen LogP contribution in [0, 0.1) is 3.57 Å². The number of hydrogen-bond donors (Lipinski definition) is 2. The van der Waals surface area contributed by atoms with E-state index in [9.17, 15) is 14.7 Å². The van der Waals surface area contributed by atoms with Crippen LogP contribution in [0.1, 0.15) is 20.7 Å². The molecule has 0 radical (unpaired) electrons. The molecule has 2 N–H and O–H groups in total. The number of aromatic hydroxyl groups is 1. The average molecular weight is 292 g/mol. The van der Waals surface area contributed by atoms with Gasteiger partial charge in [-0.05, 0) is 34.7 Å². The molecule has 0 saturated heterocycles. The van der Waals surface area contributed by atoms with Gasteiger partial charge in [-0.15, -0.1) is 0 Å². The summed E-state index contributed by atoms with van der Waals surface area (Å²) in [6, 6.07) is 2.71. The highest BCUT2D eigenvalue weighted by atomic mass is 127. The Balaban J connectivity index is 3.44. The minimum absolute atomic E-state index is 0.00991. The summed E-state index contributed by atoms with van der Waals surface area (Å²) >= 11 is 1.87. The van der Waals surface area contributed by atoms with E-state index in [1.165, 1.54) is 12.1 Å². The average Bonchev–Trinajstić information content (AvgIpc) is 2.08. The maximum absolute atomic E-state index is 10.6. The molecule has 1 rings (SSSR count). The van der Waals surface area contributed by atoms with E-state index >= 15 is 0 Å². The van der Waals surface area contributed by atoms with Crippen LogP contribution in [0.3, 0.4) is 0 Å². The van der Waals surface area contributed by atoms with Gasteiger partial charge in [0.25, 0.3) is 0 Å². The molecule has 0 aromatic heterocycles. The number of phenols is 1. The number of benzene rings is 1. The topological polar surface area (TPSA) is 74.6 Å². The molecule has 0 aliphatic heterocycles. The maximum Gasteiger partial charge on any atom is 0.339 e. The van der Waals surface area contributed by atoms with Crippen molar-refractivity contribution >= 4 is 34.8 Å². The molecule has 0 unspecified atom stereocenters. The Kier molecular flexibility index (Phi) is 2.86. The zero-order chi connectivity index (χ0) is 10.0. The van der Waals surface area contributed by atoms with Crippen LogP contribution < -0.4 is 0 Å².